The van der Waals surface area contributed by atoms with E-state index in [4.69, 9.17) is 10.5 Å². The van der Waals surface area contributed by atoms with Gasteiger partial charge < -0.3 is 30.5 Å². The number of nitrogens with two attached hydrogens (primary N) is 1. The molecule has 33 heavy (non-hydrogen) atoms. The zero-order valence-electron chi connectivity index (χ0n) is 18.4. The first-order valence-corrected chi connectivity index (χ1v) is 11.1. The highest BCUT2D eigenvalue weighted by molar-refractivity contribution is 5.81. The largest absolute Gasteiger partial charge is 0.457 e. The van der Waals surface area contributed by atoms with Crippen LogP contribution < -0.4 is 15.4 Å². The van der Waals surface area contributed by atoms with Gasteiger partial charge in [-0.25, -0.2) is 0 Å². The summed E-state index contributed by atoms with van der Waals surface area (Å²) in [6.45, 7) is 2.39. The molecule has 1 amide bonds. The van der Waals surface area contributed by atoms with Gasteiger partial charge in [0.15, 0.2) is 6.10 Å². The molecule has 7 nitrogen and oxygen atoms in total. The molecule has 2 unspecified atom stereocenters. The number of nitrogens with zero attached hydrogens (tertiary/aromatic N) is 2. The van der Waals surface area contributed by atoms with Gasteiger partial charge in [0.1, 0.15) is 11.5 Å². The van der Waals surface area contributed by atoms with Crippen LogP contribution in [-0.2, 0) is 11.2 Å². The van der Waals surface area contributed by atoms with Crippen LogP contribution in [0.5, 0.6) is 11.5 Å². The second-order valence-electron chi connectivity index (χ2n) is 8.18. The molecule has 172 valence electrons. The molecule has 1 fully saturated rings. The number of anilines is 2. The van der Waals surface area contributed by atoms with Crippen molar-refractivity contribution in [2.24, 2.45) is 0 Å². The van der Waals surface area contributed by atoms with Crippen molar-refractivity contribution in [1.82, 2.24) is 4.90 Å². The molecule has 0 aliphatic carbocycles. The number of para-hydroxylation sites is 1. The number of amides is 1. The summed E-state index contributed by atoms with van der Waals surface area (Å²) in [5.41, 5.74) is 8.30. The predicted octanol–water partition coefficient (Wildman–Crippen LogP) is 2.67. The van der Waals surface area contributed by atoms with Crippen molar-refractivity contribution < 1.29 is 19.7 Å². The van der Waals surface area contributed by atoms with Gasteiger partial charge in [0.05, 0.1) is 6.10 Å². The SMILES string of the molecule is Nc1cccc(Oc2ccc(CC(O)C(O)C(=O)N3CCN(c4ccccc4)CC3)cc2)c1. The van der Waals surface area contributed by atoms with Crippen molar-refractivity contribution in [2.75, 3.05) is 36.8 Å². The van der Waals surface area contributed by atoms with Crippen molar-refractivity contribution in [3.63, 3.8) is 0 Å². The molecule has 3 aromatic rings. The van der Waals surface area contributed by atoms with E-state index < -0.39 is 18.1 Å². The van der Waals surface area contributed by atoms with Crippen molar-refractivity contribution in [3.8, 4) is 11.5 Å². The average molecular weight is 448 g/mol. The molecule has 0 spiro atoms. The van der Waals surface area contributed by atoms with E-state index in [0.29, 0.717) is 43.4 Å². The van der Waals surface area contributed by atoms with Gasteiger partial charge in [-0.3, -0.25) is 4.79 Å². The van der Waals surface area contributed by atoms with E-state index in [9.17, 15) is 15.0 Å². The lowest BCUT2D eigenvalue weighted by molar-refractivity contribution is -0.146. The number of aliphatic hydroxyl groups excluding tert-OH is 2. The number of carbonyl (C=O) groups excluding carboxylic acids is 1. The molecule has 1 aliphatic rings. The molecule has 1 heterocycles. The molecule has 0 saturated carbocycles. The van der Waals surface area contributed by atoms with Gasteiger partial charge in [-0.2, -0.15) is 0 Å². The Balaban J connectivity index is 1.28. The molecule has 3 aromatic carbocycles. The van der Waals surface area contributed by atoms with Crippen molar-refractivity contribution in [3.05, 3.63) is 84.4 Å². The molecule has 1 saturated heterocycles. The Morgan fingerprint density at radius 2 is 1.58 bits per heavy atom. The molecular formula is C26H29N3O4. The van der Waals surface area contributed by atoms with E-state index in [0.717, 1.165) is 11.3 Å². The number of carbonyl (C=O) groups is 1. The van der Waals surface area contributed by atoms with Crippen LogP contribution in [-0.4, -0.2) is 59.4 Å². The smallest absolute Gasteiger partial charge is 0.254 e. The minimum absolute atomic E-state index is 0.162. The van der Waals surface area contributed by atoms with E-state index in [-0.39, 0.29) is 6.42 Å². The normalized spacial score (nSPS) is 15.7. The number of piperazine rings is 1. The standard InChI is InChI=1S/C26H29N3O4/c27-20-5-4-8-23(18-20)33-22-11-9-19(10-12-22)17-24(30)25(31)26(32)29-15-13-28(14-16-29)21-6-2-1-3-7-21/h1-12,18,24-25,30-31H,13-17,27H2. The molecule has 7 heteroatoms. The number of nitrogen functional groups attached to an aromatic ring is 1. The minimum atomic E-state index is -1.46. The van der Waals surface area contributed by atoms with Crippen LogP contribution in [0.4, 0.5) is 11.4 Å². The topological polar surface area (TPSA) is 99.3 Å². The Hall–Kier alpha value is -3.55. The maximum Gasteiger partial charge on any atom is 0.254 e. The summed E-state index contributed by atoms with van der Waals surface area (Å²) in [6.07, 6.45) is -2.49. The fourth-order valence-corrected chi connectivity index (χ4v) is 3.94. The summed E-state index contributed by atoms with van der Waals surface area (Å²) in [6, 6.07) is 24.4. The number of hydrogen-bond donors (Lipinski definition) is 3. The molecule has 0 aromatic heterocycles. The van der Waals surface area contributed by atoms with Gasteiger partial charge in [-0.1, -0.05) is 36.4 Å². The van der Waals surface area contributed by atoms with Crippen LogP contribution >= 0.6 is 0 Å². The van der Waals surface area contributed by atoms with Gasteiger partial charge in [0.2, 0.25) is 0 Å². The van der Waals surface area contributed by atoms with Gasteiger partial charge >= 0.3 is 0 Å². The minimum Gasteiger partial charge on any atom is -0.457 e. The van der Waals surface area contributed by atoms with Crippen LogP contribution in [0.3, 0.4) is 0 Å². The van der Waals surface area contributed by atoms with Crippen LogP contribution in [0, 0.1) is 0 Å². The summed E-state index contributed by atoms with van der Waals surface area (Å²) in [7, 11) is 0. The van der Waals surface area contributed by atoms with Gasteiger partial charge in [-0.05, 0) is 42.0 Å². The third-order valence-corrected chi connectivity index (χ3v) is 5.79. The highest BCUT2D eigenvalue weighted by Crippen LogP contribution is 2.24. The first-order chi connectivity index (χ1) is 16.0. The zero-order valence-corrected chi connectivity index (χ0v) is 18.4. The molecule has 4 N–H and O–H groups in total. The number of rotatable bonds is 7. The first-order valence-electron chi connectivity index (χ1n) is 11.1. The third-order valence-electron chi connectivity index (χ3n) is 5.79. The summed E-state index contributed by atoms with van der Waals surface area (Å²) in [5, 5.41) is 21.0. The van der Waals surface area contributed by atoms with Crippen LogP contribution in [0.25, 0.3) is 0 Å². The van der Waals surface area contributed by atoms with E-state index in [1.807, 2.05) is 42.5 Å². The van der Waals surface area contributed by atoms with Crippen molar-refractivity contribution in [2.45, 2.75) is 18.6 Å². The number of benzene rings is 3. The van der Waals surface area contributed by atoms with Gasteiger partial charge in [0, 0.05) is 50.0 Å². The van der Waals surface area contributed by atoms with Crippen LogP contribution in [0.15, 0.2) is 78.9 Å². The fourth-order valence-electron chi connectivity index (χ4n) is 3.94. The Kier molecular flexibility index (Phi) is 7.12. The van der Waals surface area contributed by atoms with E-state index >= 15 is 0 Å². The Labute approximate surface area is 193 Å². The lowest BCUT2D eigenvalue weighted by Crippen LogP contribution is -2.53. The number of ether oxygens (including phenoxy) is 1. The van der Waals surface area contributed by atoms with E-state index in [1.54, 1.807) is 41.3 Å². The Morgan fingerprint density at radius 1 is 0.879 bits per heavy atom. The molecule has 2 atom stereocenters. The lowest BCUT2D eigenvalue weighted by atomic mass is 10.0. The molecule has 4 rings (SSSR count). The quantitative estimate of drug-likeness (QED) is 0.482. The summed E-state index contributed by atoms with van der Waals surface area (Å²) in [5.74, 6) is 0.833. The first kappa shape index (κ1) is 22.6. The summed E-state index contributed by atoms with van der Waals surface area (Å²) >= 11 is 0. The lowest BCUT2D eigenvalue weighted by Gasteiger charge is -2.37. The van der Waals surface area contributed by atoms with Gasteiger partial charge in [-0.15, -0.1) is 0 Å². The molecular weight excluding hydrogens is 418 g/mol. The van der Waals surface area contributed by atoms with Crippen LogP contribution in [0.1, 0.15) is 5.56 Å². The second kappa shape index (κ2) is 10.4. The van der Waals surface area contributed by atoms with Crippen molar-refractivity contribution >= 4 is 17.3 Å². The number of aliphatic hydroxyl groups is 2. The highest BCUT2D eigenvalue weighted by atomic mass is 16.5. The third kappa shape index (κ3) is 5.83. The fraction of sp³-hybridized carbons (Fsp3) is 0.269. The van der Waals surface area contributed by atoms with Crippen molar-refractivity contribution in [1.29, 1.82) is 0 Å². The second-order valence-corrected chi connectivity index (χ2v) is 8.18. The maximum absolute atomic E-state index is 12.7. The summed E-state index contributed by atoms with van der Waals surface area (Å²) in [4.78, 5) is 16.6. The number of hydrogen-bond acceptors (Lipinski definition) is 6. The van der Waals surface area contributed by atoms with Crippen LogP contribution in [0.2, 0.25) is 0 Å². The Bertz CT molecular complexity index is 1050. The van der Waals surface area contributed by atoms with Gasteiger partial charge in [0.25, 0.3) is 5.91 Å². The van der Waals surface area contributed by atoms with E-state index in [1.165, 1.54) is 0 Å². The Morgan fingerprint density at radius 3 is 2.24 bits per heavy atom. The monoisotopic (exact) mass is 447 g/mol. The molecule has 1 aliphatic heterocycles. The predicted molar refractivity (Wildman–Crippen MR) is 128 cm³/mol. The van der Waals surface area contributed by atoms with E-state index in [2.05, 4.69) is 4.90 Å². The maximum atomic E-state index is 12.7. The molecule has 0 radical (unpaired) electrons. The highest BCUT2D eigenvalue weighted by Gasteiger charge is 2.31. The summed E-state index contributed by atoms with van der Waals surface area (Å²) < 4.78 is 5.77. The molecule has 0 bridgehead atoms. The zero-order chi connectivity index (χ0) is 23.2. The average Bonchev–Trinajstić information content (AvgIpc) is 2.85.